The molecule has 2 aromatic rings. The molecule has 1 heterocycles. The van der Waals surface area contributed by atoms with Crippen LogP contribution in [0.25, 0.3) is 11.0 Å². The van der Waals surface area contributed by atoms with Crippen molar-refractivity contribution < 1.29 is 23.1 Å². The van der Waals surface area contributed by atoms with Crippen molar-refractivity contribution in [1.29, 1.82) is 0 Å². The smallest absolute Gasteiger partial charge is 0.416 e. The quantitative estimate of drug-likeness (QED) is 0.845. The number of aliphatic carboxylic acids is 1. The Hall–Kier alpha value is -2.09. The molecule has 24 heavy (non-hydrogen) atoms. The maximum atomic E-state index is 12.8. The van der Waals surface area contributed by atoms with E-state index in [1.165, 1.54) is 6.07 Å². The fourth-order valence-corrected chi connectivity index (χ4v) is 2.54. The zero-order chi connectivity index (χ0) is 18.1. The van der Waals surface area contributed by atoms with Crippen molar-refractivity contribution in [2.24, 2.45) is 13.0 Å². The van der Waals surface area contributed by atoms with Crippen LogP contribution >= 0.6 is 0 Å². The summed E-state index contributed by atoms with van der Waals surface area (Å²) in [5.41, 5.74) is 0.0474. The van der Waals surface area contributed by atoms with Gasteiger partial charge in [-0.15, -0.1) is 0 Å². The molecule has 1 aromatic carbocycles. The number of fused-ring (bicyclic) bond motifs is 1. The molecular formula is C16H20F3N3O2. The Morgan fingerprint density at radius 1 is 1.38 bits per heavy atom. The Morgan fingerprint density at radius 3 is 2.58 bits per heavy atom. The van der Waals surface area contributed by atoms with Gasteiger partial charge in [-0.05, 0) is 30.5 Å². The number of carbonyl (C=O) groups is 1. The van der Waals surface area contributed by atoms with Gasteiger partial charge in [-0.2, -0.15) is 13.2 Å². The maximum Gasteiger partial charge on any atom is 0.416 e. The standard InChI is InChI=1S/C16H20F3N3O2/c1-9(2)6-12(15(23)24)20-8-14-21-11-7-10(16(17,18)19)4-5-13(11)22(14)3/h4-5,7,9,12,20H,6,8H2,1-3H3,(H,23,24). The van der Waals surface area contributed by atoms with Gasteiger partial charge in [-0.25, -0.2) is 4.98 Å². The molecule has 0 saturated carbocycles. The SMILES string of the molecule is CC(C)CC(NCc1nc2cc(C(F)(F)F)ccc2n1C)C(=O)O. The van der Waals surface area contributed by atoms with E-state index < -0.39 is 23.8 Å². The van der Waals surface area contributed by atoms with Crippen LogP contribution in [0.2, 0.25) is 0 Å². The highest BCUT2D eigenvalue weighted by molar-refractivity contribution is 5.77. The average molecular weight is 343 g/mol. The molecule has 5 nitrogen and oxygen atoms in total. The monoisotopic (exact) mass is 343 g/mol. The van der Waals surface area contributed by atoms with E-state index in [-0.39, 0.29) is 18.0 Å². The van der Waals surface area contributed by atoms with Gasteiger partial charge in [0.1, 0.15) is 11.9 Å². The Balaban J connectivity index is 2.23. The lowest BCUT2D eigenvalue weighted by Crippen LogP contribution is -2.37. The summed E-state index contributed by atoms with van der Waals surface area (Å²) in [6.07, 6.45) is -3.96. The molecule has 0 bridgehead atoms. The fraction of sp³-hybridized carbons (Fsp3) is 0.500. The van der Waals surface area contributed by atoms with Crippen LogP contribution < -0.4 is 5.32 Å². The van der Waals surface area contributed by atoms with Crippen LogP contribution in [0, 0.1) is 5.92 Å². The van der Waals surface area contributed by atoms with E-state index in [9.17, 15) is 23.1 Å². The molecule has 0 spiro atoms. The van der Waals surface area contributed by atoms with Crippen LogP contribution in [0.15, 0.2) is 18.2 Å². The van der Waals surface area contributed by atoms with E-state index in [0.717, 1.165) is 12.1 Å². The van der Waals surface area contributed by atoms with E-state index in [4.69, 9.17) is 0 Å². The number of aromatic nitrogens is 2. The Labute approximate surface area is 137 Å². The third kappa shape index (κ3) is 4.05. The Morgan fingerprint density at radius 2 is 2.04 bits per heavy atom. The summed E-state index contributed by atoms with van der Waals surface area (Å²) < 4.78 is 40.0. The van der Waals surface area contributed by atoms with Crippen LogP contribution in [0.3, 0.4) is 0 Å². The minimum Gasteiger partial charge on any atom is -0.480 e. The van der Waals surface area contributed by atoms with Crippen LogP contribution in [-0.4, -0.2) is 26.7 Å². The van der Waals surface area contributed by atoms with Gasteiger partial charge in [0, 0.05) is 7.05 Å². The van der Waals surface area contributed by atoms with E-state index in [0.29, 0.717) is 17.8 Å². The molecule has 0 amide bonds. The molecule has 8 heteroatoms. The first-order valence-corrected chi connectivity index (χ1v) is 7.58. The normalized spacial score (nSPS) is 13.6. The number of carboxylic acids is 1. The number of hydrogen-bond acceptors (Lipinski definition) is 3. The third-order valence-electron chi connectivity index (χ3n) is 3.81. The molecule has 0 aliphatic heterocycles. The van der Waals surface area contributed by atoms with Gasteiger partial charge in [-0.1, -0.05) is 13.8 Å². The number of imidazole rings is 1. The topological polar surface area (TPSA) is 67.2 Å². The number of hydrogen-bond donors (Lipinski definition) is 2. The van der Waals surface area contributed by atoms with E-state index in [1.54, 1.807) is 11.6 Å². The van der Waals surface area contributed by atoms with Crippen LogP contribution in [0.1, 0.15) is 31.7 Å². The summed E-state index contributed by atoms with van der Waals surface area (Å²) in [7, 11) is 1.69. The molecule has 1 aromatic heterocycles. The molecule has 0 aliphatic rings. The number of alkyl halides is 3. The lowest BCUT2D eigenvalue weighted by atomic mass is 10.0. The molecule has 1 atom stereocenters. The van der Waals surface area contributed by atoms with Gasteiger partial charge < -0.3 is 9.67 Å². The number of nitrogens with one attached hydrogen (secondary N) is 1. The molecule has 0 radical (unpaired) electrons. The van der Waals surface area contributed by atoms with Crippen LogP contribution in [0.5, 0.6) is 0 Å². The van der Waals surface area contributed by atoms with E-state index >= 15 is 0 Å². The average Bonchev–Trinajstić information content (AvgIpc) is 2.78. The lowest BCUT2D eigenvalue weighted by Gasteiger charge is -2.16. The zero-order valence-corrected chi connectivity index (χ0v) is 13.7. The van der Waals surface area contributed by atoms with Gasteiger partial charge in [0.15, 0.2) is 0 Å². The number of nitrogens with zero attached hydrogens (tertiary/aromatic N) is 2. The van der Waals surface area contributed by atoms with Crippen molar-refractivity contribution in [3.05, 3.63) is 29.6 Å². The minimum absolute atomic E-state index is 0.163. The summed E-state index contributed by atoms with van der Waals surface area (Å²) in [5, 5.41) is 12.1. The first kappa shape index (κ1) is 18.3. The van der Waals surface area contributed by atoms with Gasteiger partial charge in [-0.3, -0.25) is 10.1 Å². The molecule has 132 valence electrons. The predicted molar refractivity (Wildman–Crippen MR) is 83.4 cm³/mol. The Kier molecular flexibility index (Phi) is 5.17. The highest BCUT2D eigenvalue weighted by Gasteiger charge is 2.31. The maximum absolute atomic E-state index is 12.8. The molecular weight excluding hydrogens is 323 g/mol. The van der Waals surface area contributed by atoms with Crippen LogP contribution in [-0.2, 0) is 24.6 Å². The van der Waals surface area contributed by atoms with Crippen molar-refractivity contribution in [2.75, 3.05) is 0 Å². The Bertz CT molecular complexity index is 738. The van der Waals surface area contributed by atoms with Crippen molar-refractivity contribution in [3.8, 4) is 0 Å². The number of carboxylic acid groups (broad SMARTS) is 1. The van der Waals surface area contributed by atoms with E-state index in [2.05, 4.69) is 10.3 Å². The third-order valence-corrected chi connectivity index (χ3v) is 3.81. The number of halogens is 3. The van der Waals surface area contributed by atoms with Crippen molar-refractivity contribution in [1.82, 2.24) is 14.9 Å². The largest absolute Gasteiger partial charge is 0.480 e. The van der Waals surface area contributed by atoms with Gasteiger partial charge in [0.25, 0.3) is 0 Å². The molecule has 0 fully saturated rings. The first-order chi connectivity index (χ1) is 11.1. The van der Waals surface area contributed by atoms with Gasteiger partial charge in [0.05, 0.1) is 23.1 Å². The number of aryl methyl sites for hydroxylation is 1. The molecule has 2 N–H and O–H groups in total. The number of benzene rings is 1. The molecule has 2 rings (SSSR count). The molecule has 0 aliphatic carbocycles. The van der Waals surface area contributed by atoms with Crippen LogP contribution in [0.4, 0.5) is 13.2 Å². The second-order valence-electron chi connectivity index (χ2n) is 6.19. The summed E-state index contributed by atoms with van der Waals surface area (Å²) in [6, 6.07) is 2.66. The van der Waals surface area contributed by atoms with Crippen molar-refractivity contribution in [2.45, 2.75) is 39.0 Å². The van der Waals surface area contributed by atoms with Gasteiger partial charge in [0.2, 0.25) is 0 Å². The minimum atomic E-state index is -4.42. The summed E-state index contributed by atoms with van der Waals surface area (Å²) >= 11 is 0. The molecule has 0 saturated heterocycles. The van der Waals surface area contributed by atoms with Gasteiger partial charge >= 0.3 is 12.1 Å². The molecule has 1 unspecified atom stereocenters. The number of rotatable bonds is 6. The summed E-state index contributed by atoms with van der Waals surface area (Å²) in [4.78, 5) is 15.5. The second-order valence-corrected chi connectivity index (χ2v) is 6.19. The highest BCUT2D eigenvalue weighted by Crippen LogP contribution is 2.31. The summed E-state index contributed by atoms with van der Waals surface area (Å²) in [6.45, 7) is 4.01. The fourth-order valence-electron chi connectivity index (χ4n) is 2.54. The summed E-state index contributed by atoms with van der Waals surface area (Å²) in [5.74, 6) is -0.269. The highest BCUT2D eigenvalue weighted by atomic mass is 19.4. The predicted octanol–water partition coefficient (Wildman–Crippen LogP) is 3.18. The first-order valence-electron chi connectivity index (χ1n) is 7.58. The van der Waals surface area contributed by atoms with E-state index in [1.807, 2.05) is 13.8 Å². The second kappa shape index (κ2) is 6.80. The van der Waals surface area contributed by atoms with Crippen molar-refractivity contribution in [3.63, 3.8) is 0 Å². The lowest BCUT2D eigenvalue weighted by molar-refractivity contribution is -0.140. The van der Waals surface area contributed by atoms with Crippen molar-refractivity contribution >= 4 is 17.0 Å². The zero-order valence-electron chi connectivity index (χ0n) is 13.7.